The molecule has 140 valence electrons. The highest BCUT2D eigenvalue weighted by molar-refractivity contribution is 5.85. The van der Waals surface area contributed by atoms with E-state index in [0.717, 1.165) is 24.8 Å². The zero-order valence-electron chi connectivity index (χ0n) is 13.9. The lowest BCUT2D eigenvalue weighted by molar-refractivity contribution is 0.00760. The maximum atomic E-state index is 13.6. The van der Waals surface area contributed by atoms with Gasteiger partial charge in [0, 0.05) is 31.4 Å². The predicted octanol–water partition coefficient (Wildman–Crippen LogP) is 4.40. The minimum Gasteiger partial charge on any atom is -0.443 e. The molecule has 2 aliphatic carbocycles. The van der Waals surface area contributed by atoms with Crippen LogP contribution in [-0.4, -0.2) is 34.8 Å². The molecule has 2 aliphatic rings. The van der Waals surface area contributed by atoms with E-state index in [4.69, 9.17) is 0 Å². The monoisotopic (exact) mass is 363 g/mol. The van der Waals surface area contributed by atoms with Crippen LogP contribution in [0.5, 0.6) is 0 Å². The van der Waals surface area contributed by atoms with E-state index in [1.807, 2.05) is 0 Å². The first-order valence-electron chi connectivity index (χ1n) is 8.43. The van der Waals surface area contributed by atoms with Crippen molar-refractivity contribution in [1.29, 1.82) is 0 Å². The lowest BCUT2D eigenvalue weighted by Gasteiger charge is -2.27. The van der Waals surface area contributed by atoms with Gasteiger partial charge in [0.15, 0.2) is 6.61 Å². The van der Waals surface area contributed by atoms with Crippen LogP contribution in [0.15, 0.2) is 0 Å². The molecule has 1 atom stereocenters. The van der Waals surface area contributed by atoms with Crippen LogP contribution in [0.2, 0.25) is 0 Å². The third-order valence-corrected chi connectivity index (χ3v) is 4.98. The Balaban J connectivity index is 1.84. The van der Waals surface area contributed by atoms with Gasteiger partial charge in [0.05, 0.1) is 5.69 Å². The predicted molar refractivity (Wildman–Crippen MR) is 82.3 cm³/mol. The fourth-order valence-corrected chi connectivity index (χ4v) is 3.57. The number of amides is 1. The molecule has 0 spiro atoms. The summed E-state index contributed by atoms with van der Waals surface area (Å²) >= 11 is 0. The largest absolute Gasteiger partial charge is 0.443 e. The van der Waals surface area contributed by atoms with Gasteiger partial charge in [-0.25, -0.2) is 22.4 Å². The standard InChI is InChI=1S/C16H21F4N3O2/c1-23-14(21-15(24)25-8-11(17)18)12(9-3-2-4-9)13(22-23)10-5-6-16(19,20)7-10/h9-11H,2-8H2,1H3,(H,21,24). The van der Waals surface area contributed by atoms with E-state index in [0.29, 0.717) is 17.9 Å². The molecule has 1 heterocycles. The number of anilines is 1. The number of hydrogen-bond acceptors (Lipinski definition) is 3. The lowest BCUT2D eigenvalue weighted by atomic mass is 9.78. The molecule has 1 amide bonds. The molecule has 0 saturated heterocycles. The van der Waals surface area contributed by atoms with Gasteiger partial charge in [-0.15, -0.1) is 0 Å². The van der Waals surface area contributed by atoms with Gasteiger partial charge >= 0.3 is 6.09 Å². The van der Waals surface area contributed by atoms with Crippen LogP contribution in [0.4, 0.5) is 28.2 Å². The number of ether oxygens (including phenoxy) is 1. The van der Waals surface area contributed by atoms with Gasteiger partial charge in [-0.05, 0) is 25.2 Å². The SMILES string of the molecule is Cn1nc(C2CCC(F)(F)C2)c(C2CCC2)c1NC(=O)OCC(F)F. The van der Waals surface area contributed by atoms with Gasteiger partial charge in [0.1, 0.15) is 5.82 Å². The molecule has 1 aromatic rings. The molecule has 2 fully saturated rings. The molecule has 1 aromatic heterocycles. The summed E-state index contributed by atoms with van der Waals surface area (Å²) in [5.74, 6) is -2.55. The average Bonchev–Trinajstić information content (AvgIpc) is 2.97. The Hall–Kier alpha value is -1.80. The van der Waals surface area contributed by atoms with Crippen LogP contribution in [0.1, 0.15) is 61.6 Å². The molecular weight excluding hydrogens is 342 g/mol. The van der Waals surface area contributed by atoms with Crippen molar-refractivity contribution in [1.82, 2.24) is 9.78 Å². The van der Waals surface area contributed by atoms with Crippen LogP contribution in [0.3, 0.4) is 0 Å². The summed E-state index contributed by atoms with van der Waals surface area (Å²) < 4.78 is 57.4. The van der Waals surface area contributed by atoms with E-state index in [1.165, 1.54) is 4.68 Å². The highest BCUT2D eigenvalue weighted by Gasteiger charge is 2.43. The van der Waals surface area contributed by atoms with Crippen molar-refractivity contribution in [2.24, 2.45) is 7.05 Å². The molecule has 1 N–H and O–H groups in total. The Labute approximate surface area is 142 Å². The highest BCUT2D eigenvalue weighted by atomic mass is 19.3. The van der Waals surface area contributed by atoms with Crippen LogP contribution in [-0.2, 0) is 11.8 Å². The summed E-state index contributed by atoms with van der Waals surface area (Å²) in [6.07, 6.45) is -1.01. The zero-order chi connectivity index (χ0) is 18.2. The van der Waals surface area contributed by atoms with Crippen molar-refractivity contribution in [2.45, 2.75) is 62.7 Å². The van der Waals surface area contributed by atoms with Crippen molar-refractivity contribution in [2.75, 3.05) is 11.9 Å². The third-order valence-electron chi connectivity index (χ3n) is 4.98. The summed E-state index contributed by atoms with van der Waals surface area (Å²) in [7, 11) is 1.60. The molecule has 5 nitrogen and oxygen atoms in total. The summed E-state index contributed by atoms with van der Waals surface area (Å²) in [5.41, 5.74) is 1.35. The number of carbonyl (C=O) groups is 1. The van der Waals surface area contributed by atoms with E-state index in [2.05, 4.69) is 15.2 Å². The number of alkyl halides is 4. The molecule has 25 heavy (non-hydrogen) atoms. The number of hydrogen-bond donors (Lipinski definition) is 1. The number of nitrogens with zero attached hydrogens (tertiary/aromatic N) is 2. The molecule has 3 rings (SSSR count). The van der Waals surface area contributed by atoms with E-state index < -0.39 is 25.0 Å². The van der Waals surface area contributed by atoms with Crippen molar-refractivity contribution in [3.63, 3.8) is 0 Å². The summed E-state index contributed by atoms with van der Waals surface area (Å²) in [6, 6.07) is 0. The number of carbonyl (C=O) groups excluding carboxylic acids is 1. The number of halogens is 4. The lowest BCUT2D eigenvalue weighted by Crippen LogP contribution is -2.21. The first-order valence-corrected chi connectivity index (χ1v) is 8.43. The first-order chi connectivity index (χ1) is 11.8. The van der Waals surface area contributed by atoms with Crippen molar-refractivity contribution in [3.05, 3.63) is 11.3 Å². The second-order valence-electron chi connectivity index (χ2n) is 6.81. The molecule has 2 saturated carbocycles. The number of nitrogens with one attached hydrogen (secondary N) is 1. The second-order valence-corrected chi connectivity index (χ2v) is 6.81. The molecule has 0 radical (unpaired) electrons. The van der Waals surface area contributed by atoms with Crippen molar-refractivity contribution < 1.29 is 27.1 Å². The van der Waals surface area contributed by atoms with E-state index >= 15 is 0 Å². The van der Waals surface area contributed by atoms with Crippen LogP contribution < -0.4 is 5.32 Å². The third kappa shape index (κ3) is 3.90. The van der Waals surface area contributed by atoms with Gasteiger partial charge in [0.25, 0.3) is 6.43 Å². The van der Waals surface area contributed by atoms with Crippen LogP contribution in [0, 0.1) is 0 Å². The van der Waals surface area contributed by atoms with E-state index in [1.54, 1.807) is 7.05 Å². The molecule has 0 aromatic carbocycles. The van der Waals surface area contributed by atoms with Crippen LogP contribution in [0.25, 0.3) is 0 Å². The molecule has 1 unspecified atom stereocenters. The Morgan fingerprint density at radius 2 is 2.08 bits per heavy atom. The minimum atomic E-state index is -2.75. The molecule has 9 heteroatoms. The number of aromatic nitrogens is 2. The summed E-state index contributed by atoms with van der Waals surface area (Å²) in [6.45, 7) is -0.996. The quantitative estimate of drug-likeness (QED) is 0.789. The second kappa shape index (κ2) is 6.84. The summed E-state index contributed by atoms with van der Waals surface area (Å²) in [4.78, 5) is 11.8. The smallest absolute Gasteiger partial charge is 0.413 e. The first kappa shape index (κ1) is 18.0. The van der Waals surface area contributed by atoms with E-state index in [-0.39, 0.29) is 24.7 Å². The summed E-state index contributed by atoms with van der Waals surface area (Å²) in [5, 5.41) is 6.84. The zero-order valence-corrected chi connectivity index (χ0v) is 13.9. The van der Waals surface area contributed by atoms with Gasteiger partial charge in [-0.1, -0.05) is 6.42 Å². The maximum Gasteiger partial charge on any atom is 0.413 e. The molecule has 0 aliphatic heterocycles. The average molecular weight is 363 g/mol. The van der Waals surface area contributed by atoms with Crippen molar-refractivity contribution in [3.8, 4) is 0 Å². The Bertz CT molecular complexity index is 644. The Morgan fingerprint density at radius 1 is 1.36 bits per heavy atom. The fraction of sp³-hybridized carbons (Fsp3) is 0.750. The number of aryl methyl sites for hydroxylation is 1. The normalized spacial score (nSPS) is 22.9. The van der Waals surface area contributed by atoms with Crippen LogP contribution >= 0.6 is 0 Å². The van der Waals surface area contributed by atoms with Gasteiger partial charge in [0.2, 0.25) is 5.92 Å². The van der Waals surface area contributed by atoms with Crippen molar-refractivity contribution >= 4 is 11.9 Å². The minimum absolute atomic E-state index is 0.142. The molecule has 0 bridgehead atoms. The van der Waals surface area contributed by atoms with Gasteiger partial charge < -0.3 is 4.74 Å². The maximum absolute atomic E-state index is 13.6. The highest BCUT2D eigenvalue weighted by Crippen LogP contribution is 2.49. The van der Waals surface area contributed by atoms with E-state index in [9.17, 15) is 22.4 Å². The topological polar surface area (TPSA) is 56.2 Å². The van der Waals surface area contributed by atoms with Gasteiger partial charge in [-0.2, -0.15) is 5.10 Å². The fourth-order valence-electron chi connectivity index (χ4n) is 3.57. The number of rotatable bonds is 5. The Morgan fingerprint density at radius 3 is 2.60 bits per heavy atom. The Kier molecular flexibility index (Phi) is 4.92. The van der Waals surface area contributed by atoms with Gasteiger partial charge in [-0.3, -0.25) is 10.00 Å². The molecular formula is C16H21F4N3O2.